The molecule has 1 amide bonds. The standard InChI is InChI=1S/C29H25ClN6O3S2/c1-18-3-7-20(8-4-18)27-28(21-9-5-19(2)6-10-21)33-29(32-27)40-17-26(37)31-22-11-13-23(14-12-22)41(38,39)36-25-16-15-24(30)34-35-25/h3-16H,17H2,1-2H3,(H,31,37)(H,32,33)(H,35,36). The number of aromatic nitrogens is 4. The summed E-state index contributed by atoms with van der Waals surface area (Å²) in [7, 11) is -3.90. The smallest absolute Gasteiger partial charge is 0.263 e. The van der Waals surface area contributed by atoms with Crippen LogP contribution in [0.4, 0.5) is 11.5 Å². The van der Waals surface area contributed by atoms with Crippen molar-refractivity contribution in [2.24, 2.45) is 0 Å². The van der Waals surface area contributed by atoms with E-state index in [9.17, 15) is 13.2 Å². The lowest BCUT2D eigenvalue weighted by atomic mass is 10.0. The van der Waals surface area contributed by atoms with Gasteiger partial charge in [0.1, 0.15) is 0 Å². The highest BCUT2D eigenvalue weighted by Crippen LogP contribution is 2.33. The lowest BCUT2D eigenvalue weighted by Gasteiger charge is -2.08. The number of nitrogens with one attached hydrogen (secondary N) is 3. The van der Waals surface area contributed by atoms with Crippen molar-refractivity contribution < 1.29 is 13.2 Å². The number of hydrogen-bond acceptors (Lipinski definition) is 7. The van der Waals surface area contributed by atoms with Crippen molar-refractivity contribution in [3.05, 3.63) is 101 Å². The van der Waals surface area contributed by atoms with Crippen molar-refractivity contribution in [2.75, 3.05) is 15.8 Å². The average molecular weight is 605 g/mol. The molecule has 208 valence electrons. The zero-order chi connectivity index (χ0) is 29.0. The van der Waals surface area contributed by atoms with Crippen LogP contribution in [-0.2, 0) is 14.8 Å². The van der Waals surface area contributed by atoms with E-state index in [2.05, 4.69) is 25.2 Å². The SMILES string of the molecule is Cc1ccc(-c2nc(SCC(=O)Nc3ccc(S(=O)(=O)Nc4ccc(Cl)nn4)cc3)[nH]c2-c2ccc(C)cc2)cc1. The van der Waals surface area contributed by atoms with Gasteiger partial charge in [0.25, 0.3) is 10.0 Å². The van der Waals surface area contributed by atoms with Crippen molar-refractivity contribution in [3.8, 4) is 22.5 Å². The Morgan fingerprint density at radius 3 is 2.10 bits per heavy atom. The van der Waals surface area contributed by atoms with E-state index < -0.39 is 10.0 Å². The Hall–Kier alpha value is -4.19. The number of rotatable bonds is 9. The summed E-state index contributed by atoms with van der Waals surface area (Å²) in [5.41, 5.74) is 6.45. The first-order valence-corrected chi connectivity index (χ1v) is 15.3. The number of thioether (sulfide) groups is 1. The topological polar surface area (TPSA) is 130 Å². The molecule has 0 saturated carbocycles. The first-order chi connectivity index (χ1) is 19.7. The van der Waals surface area contributed by atoms with Gasteiger partial charge in [-0.25, -0.2) is 13.4 Å². The van der Waals surface area contributed by atoms with Crippen LogP contribution in [0.2, 0.25) is 5.15 Å². The summed E-state index contributed by atoms with van der Waals surface area (Å²) < 4.78 is 27.6. The predicted octanol–water partition coefficient (Wildman–Crippen LogP) is 6.34. The molecule has 2 aromatic heterocycles. The molecule has 0 fully saturated rings. The second kappa shape index (κ2) is 12.1. The molecule has 3 aromatic carbocycles. The molecular weight excluding hydrogens is 580 g/mol. The van der Waals surface area contributed by atoms with Gasteiger partial charge in [-0.05, 0) is 50.2 Å². The normalized spacial score (nSPS) is 11.3. The Balaban J connectivity index is 1.25. The van der Waals surface area contributed by atoms with Crippen LogP contribution < -0.4 is 10.0 Å². The number of amides is 1. The van der Waals surface area contributed by atoms with E-state index in [0.717, 1.165) is 33.6 Å². The van der Waals surface area contributed by atoms with Gasteiger partial charge >= 0.3 is 0 Å². The molecule has 12 heteroatoms. The maximum Gasteiger partial charge on any atom is 0.263 e. The molecule has 3 N–H and O–H groups in total. The van der Waals surface area contributed by atoms with Crippen LogP contribution >= 0.6 is 23.4 Å². The number of aromatic amines is 1. The fourth-order valence-corrected chi connectivity index (χ4v) is 5.65. The van der Waals surface area contributed by atoms with Crippen LogP contribution in [0.5, 0.6) is 0 Å². The van der Waals surface area contributed by atoms with Crippen LogP contribution in [0.15, 0.2) is 95.0 Å². The quantitative estimate of drug-likeness (QED) is 0.167. The third kappa shape index (κ3) is 7.12. The van der Waals surface area contributed by atoms with Crippen molar-refractivity contribution in [1.29, 1.82) is 0 Å². The number of aryl methyl sites for hydroxylation is 2. The molecule has 0 atom stereocenters. The minimum Gasteiger partial charge on any atom is -0.332 e. The van der Waals surface area contributed by atoms with E-state index in [4.69, 9.17) is 16.6 Å². The maximum atomic E-state index is 12.7. The molecule has 0 aliphatic carbocycles. The number of hydrogen-bond donors (Lipinski definition) is 3. The Labute approximate surface area is 246 Å². The molecule has 5 rings (SSSR count). The fraction of sp³-hybridized carbons (Fsp3) is 0.103. The number of halogens is 1. The monoisotopic (exact) mass is 604 g/mol. The first kappa shape index (κ1) is 28.3. The van der Waals surface area contributed by atoms with Crippen LogP contribution in [0, 0.1) is 13.8 Å². The van der Waals surface area contributed by atoms with Gasteiger partial charge in [-0.2, -0.15) is 0 Å². The van der Waals surface area contributed by atoms with Gasteiger partial charge in [-0.1, -0.05) is 83.0 Å². The van der Waals surface area contributed by atoms with Crippen LogP contribution in [-0.4, -0.2) is 40.2 Å². The lowest BCUT2D eigenvalue weighted by Crippen LogP contribution is -2.16. The van der Waals surface area contributed by atoms with Crippen molar-refractivity contribution >= 4 is 50.8 Å². The molecule has 9 nitrogen and oxygen atoms in total. The van der Waals surface area contributed by atoms with Gasteiger partial charge < -0.3 is 10.3 Å². The van der Waals surface area contributed by atoms with E-state index in [-0.39, 0.29) is 27.5 Å². The summed E-state index contributed by atoms with van der Waals surface area (Å²) in [6.45, 7) is 4.08. The zero-order valence-electron chi connectivity index (χ0n) is 22.1. The van der Waals surface area contributed by atoms with Crippen LogP contribution in [0.25, 0.3) is 22.5 Å². The summed E-state index contributed by atoms with van der Waals surface area (Å²) in [4.78, 5) is 20.9. The van der Waals surface area contributed by atoms with Gasteiger partial charge in [0.15, 0.2) is 16.1 Å². The minimum atomic E-state index is -3.90. The first-order valence-electron chi connectivity index (χ1n) is 12.5. The molecule has 2 heterocycles. The van der Waals surface area contributed by atoms with Crippen LogP contribution in [0.3, 0.4) is 0 Å². The van der Waals surface area contributed by atoms with Crippen molar-refractivity contribution in [3.63, 3.8) is 0 Å². The molecular formula is C29H25ClN6O3S2. The number of imidazole rings is 1. The minimum absolute atomic E-state index is 0.00415. The van der Waals surface area contributed by atoms with Gasteiger partial charge in [0.05, 0.1) is 22.0 Å². The Kier molecular flexibility index (Phi) is 8.39. The number of sulfonamides is 1. The predicted molar refractivity (Wildman–Crippen MR) is 163 cm³/mol. The molecule has 5 aromatic rings. The van der Waals surface area contributed by atoms with Crippen molar-refractivity contribution in [2.45, 2.75) is 23.9 Å². The van der Waals surface area contributed by atoms with Gasteiger partial charge in [0.2, 0.25) is 5.91 Å². The summed E-state index contributed by atoms with van der Waals surface area (Å²) in [5.74, 6) is -0.117. The van der Waals surface area contributed by atoms with Gasteiger partial charge in [-0.15, -0.1) is 10.2 Å². The second-order valence-electron chi connectivity index (χ2n) is 9.21. The highest BCUT2D eigenvalue weighted by atomic mass is 35.5. The Morgan fingerprint density at radius 1 is 0.854 bits per heavy atom. The van der Waals surface area contributed by atoms with Gasteiger partial charge in [-0.3, -0.25) is 9.52 Å². The van der Waals surface area contributed by atoms with E-state index in [0.29, 0.717) is 10.8 Å². The summed E-state index contributed by atoms with van der Waals surface area (Å²) >= 11 is 6.97. The number of carbonyl (C=O) groups is 1. The molecule has 0 aliphatic heterocycles. The zero-order valence-corrected chi connectivity index (χ0v) is 24.4. The van der Waals surface area contributed by atoms with E-state index in [1.165, 1.54) is 48.2 Å². The number of anilines is 2. The highest BCUT2D eigenvalue weighted by Gasteiger charge is 2.17. The van der Waals surface area contributed by atoms with Crippen molar-refractivity contribution in [1.82, 2.24) is 20.2 Å². The fourth-order valence-electron chi connectivity index (χ4n) is 3.88. The number of carbonyl (C=O) groups excluding carboxylic acids is 1. The number of nitrogens with zero attached hydrogens (tertiary/aromatic N) is 3. The van der Waals surface area contributed by atoms with Crippen LogP contribution in [0.1, 0.15) is 11.1 Å². The molecule has 0 spiro atoms. The summed E-state index contributed by atoms with van der Waals surface area (Å²) in [6, 6.07) is 25.0. The molecule has 0 saturated heterocycles. The number of benzene rings is 3. The number of H-pyrrole nitrogens is 1. The lowest BCUT2D eigenvalue weighted by molar-refractivity contribution is -0.113. The van der Waals surface area contributed by atoms with E-state index >= 15 is 0 Å². The molecule has 41 heavy (non-hydrogen) atoms. The molecule has 0 bridgehead atoms. The second-order valence-corrected chi connectivity index (χ2v) is 12.2. The maximum absolute atomic E-state index is 12.7. The molecule has 0 unspecified atom stereocenters. The van der Waals surface area contributed by atoms with Gasteiger partial charge in [0, 0.05) is 16.8 Å². The Bertz CT molecular complexity index is 1710. The molecule has 0 radical (unpaired) electrons. The van der Waals surface area contributed by atoms with E-state index in [1.54, 1.807) is 0 Å². The third-order valence-corrected chi connectivity index (χ3v) is 8.45. The Morgan fingerprint density at radius 2 is 1.49 bits per heavy atom. The third-order valence-electron chi connectivity index (χ3n) is 6.01. The highest BCUT2D eigenvalue weighted by molar-refractivity contribution is 7.99. The van der Waals surface area contributed by atoms with E-state index in [1.807, 2.05) is 62.4 Å². The largest absolute Gasteiger partial charge is 0.332 e. The summed E-state index contributed by atoms with van der Waals surface area (Å²) in [6.07, 6.45) is 0. The summed E-state index contributed by atoms with van der Waals surface area (Å²) in [5, 5.41) is 10.9. The molecule has 0 aliphatic rings. The average Bonchev–Trinajstić information content (AvgIpc) is 3.38.